The quantitative estimate of drug-likeness (QED) is 0.853. The van der Waals surface area contributed by atoms with Crippen molar-refractivity contribution < 1.29 is 14.1 Å². The van der Waals surface area contributed by atoms with E-state index in [0.717, 1.165) is 17.0 Å². The summed E-state index contributed by atoms with van der Waals surface area (Å²) in [5.41, 5.74) is 1.52. The van der Waals surface area contributed by atoms with Gasteiger partial charge in [0.05, 0.1) is 5.69 Å². The smallest absolute Gasteiger partial charge is 0.228 e. The first-order valence-electron chi connectivity index (χ1n) is 8.19. The Labute approximate surface area is 137 Å². The van der Waals surface area contributed by atoms with Gasteiger partial charge in [-0.2, -0.15) is 0 Å². The van der Waals surface area contributed by atoms with Crippen molar-refractivity contribution in [3.8, 4) is 0 Å². The van der Waals surface area contributed by atoms with Crippen molar-refractivity contribution in [2.75, 3.05) is 26.2 Å². The third-order valence-corrected chi connectivity index (χ3v) is 4.33. The van der Waals surface area contributed by atoms with Crippen molar-refractivity contribution >= 4 is 11.8 Å². The van der Waals surface area contributed by atoms with Gasteiger partial charge in [0.2, 0.25) is 11.8 Å². The van der Waals surface area contributed by atoms with E-state index in [0.29, 0.717) is 39.0 Å². The fourth-order valence-corrected chi connectivity index (χ4v) is 2.88. The van der Waals surface area contributed by atoms with Crippen LogP contribution in [0.3, 0.4) is 0 Å². The van der Waals surface area contributed by atoms with Crippen molar-refractivity contribution in [1.82, 2.24) is 15.0 Å². The molecule has 0 unspecified atom stereocenters. The first-order valence-corrected chi connectivity index (χ1v) is 8.19. The molecule has 0 aromatic carbocycles. The molecule has 2 heterocycles. The Morgan fingerprint density at radius 1 is 1.09 bits per heavy atom. The van der Waals surface area contributed by atoms with Gasteiger partial charge in [-0.25, -0.2) is 0 Å². The van der Waals surface area contributed by atoms with E-state index in [2.05, 4.69) is 5.16 Å². The standard InChI is InChI=1S/C17H27N3O3/c1-12-14(13(2)23-18-12)6-7-15(21)19-8-10-20(11-9-19)16(22)17(3,4)5/h6-11H2,1-5H3. The van der Waals surface area contributed by atoms with Crippen LogP contribution in [0.4, 0.5) is 0 Å². The minimum Gasteiger partial charge on any atom is -0.361 e. The summed E-state index contributed by atoms with van der Waals surface area (Å²) in [6, 6.07) is 0. The van der Waals surface area contributed by atoms with Gasteiger partial charge in [0.1, 0.15) is 5.76 Å². The Morgan fingerprint density at radius 2 is 1.65 bits per heavy atom. The molecule has 0 spiro atoms. The lowest BCUT2D eigenvalue weighted by Gasteiger charge is -2.37. The van der Waals surface area contributed by atoms with E-state index in [-0.39, 0.29) is 17.2 Å². The van der Waals surface area contributed by atoms with Crippen molar-refractivity contribution in [1.29, 1.82) is 0 Å². The Bertz CT molecular complexity index is 559. The summed E-state index contributed by atoms with van der Waals surface area (Å²) in [6.45, 7) is 12.0. The second-order valence-corrected chi connectivity index (χ2v) is 7.23. The van der Waals surface area contributed by atoms with E-state index in [4.69, 9.17) is 4.52 Å². The average Bonchev–Trinajstić information content (AvgIpc) is 2.82. The lowest BCUT2D eigenvalue weighted by Crippen LogP contribution is -2.53. The molecule has 23 heavy (non-hydrogen) atoms. The molecule has 1 aromatic rings. The van der Waals surface area contributed by atoms with Crippen LogP contribution in [0, 0.1) is 19.3 Å². The predicted molar refractivity (Wildman–Crippen MR) is 86.9 cm³/mol. The number of carbonyl (C=O) groups is 2. The molecule has 0 radical (unpaired) electrons. The zero-order chi connectivity index (χ0) is 17.2. The highest BCUT2D eigenvalue weighted by Crippen LogP contribution is 2.19. The van der Waals surface area contributed by atoms with Crippen LogP contribution in [-0.4, -0.2) is 52.9 Å². The SMILES string of the molecule is Cc1noc(C)c1CCC(=O)N1CCN(C(=O)C(C)(C)C)CC1. The predicted octanol–water partition coefficient (Wildman–Crippen LogP) is 1.94. The largest absolute Gasteiger partial charge is 0.361 e. The average molecular weight is 321 g/mol. The molecule has 2 amide bonds. The number of hydrogen-bond donors (Lipinski definition) is 0. The highest BCUT2D eigenvalue weighted by molar-refractivity contribution is 5.82. The number of nitrogens with zero attached hydrogens (tertiary/aromatic N) is 3. The molecule has 1 aliphatic rings. The van der Waals surface area contributed by atoms with Gasteiger partial charge in [-0.15, -0.1) is 0 Å². The molecular formula is C17H27N3O3. The number of aromatic nitrogens is 1. The molecule has 128 valence electrons. The van der Waals surface area contributed by atoms with Crippen molar-refractivity contribution in [3.63, 3.8) is 0 Å². The third-order valence-electron chi connectivity index (χ3n) is 4.33. The minimum absolute atomic E-state index is 0.132. The first-order chi connectivity index (χ1) is 10.7. The van der Waals surface area contributed by atoms with Crippen LogP contribution in [0.5, 0.6) is 0 Å². The molecule has 0 N–H and O–H groups in total. The molecule has 1 fully saturated rings. The van der Waals surface area contributed by atoms with E-state index >= 15 is 0 Å². The second kappa shape index (κ2) is 6.72. The molecule has 1 aliphatic heterocycles. The summed E-state index contributed by atoms with van der Waals surface area (Å²) in [5.74, 6) is 1.07. The molecule has 0 aliphatic carbocycles. The number of hydrogen-bond acceptors (Lipinski definition) is 4. The first kappa shape index (κ1) is 17.5. The number of amides is 2. The summed E-state index contributed by atoms with van der Waals surface area (Å²) >= 11 is 0. The van der Waals surface area contributed by atoms with Crippen LogP contribution in [-0.2, 0) is 16.0 Å². The van der Waals surface area contributed by atoms with Crippen LogP contribution >= 0.6 is 0 Å². The van der Waals surface area contributed by atoms with Gasteiger partial charge in [-0.05, 0) is 20.3 Å². The van der Waals surface area contributed by atoms with Crippen LogP contribution in [0.2, 0.25) is 0 Å². The van der Waals surface area contributed by atoms with E-state index in [1.54, 1.807) is 0 Å². The van der Waals surface area contributed by atoms with Gasteiger partial charge in [-0.3, -0.25) is 9.59 Å². The summed E-state index contributed by atoms with van der Waals surface area (Å²) in [4.78, 5) is 28.3. The number of aryl methyl sites for hydroxylation is 2. The molecule has 6 heteroatoms. The Hall–Kier alpha value is -1.85. The van der Waals surface area contributed by atoms with Crippen molar-refractivity contribution in [2.45, 2.75) is 47.5 Å². The third kappa shape index (κ3) is 4.12. The monoisotopic (exact) mass is 321 g/mol. The van der Waals surface area contributed by atoms with Crippen molar-refractivity contribution in [2.24, 2.45) is 5.41 Å². The van der Waals surface area contributed by atoms with Gasteiger partial charge >= 0.3 is 0 Å². The minimum atomic E-state index is -0.366. The number of rotatable bonds is 3. The van der Waals surface area contributed by atoms with E-state index < -0.39 is 0 Å². The molecule has 6 nitrogen and oxygen atoms in total. The summed E-state index contributed by atoms with van der Waals surface area (Å²) in [6.07, 6.45) is 1.11. The van der Waals surface area contributed by atoms with Crippen LogP contribution < -0.4 is 0 Å². The van der Waals surface area contributed by atoms with Crippen LogP contribution in [0.15, 0.2) is 4.52 Å². The zero-order valence-corrected chi connectivity index (χ0v) is 14.8. The fraction of sp³-hybridized carbons (Fsp3) is 0.706. The summed E-state index contributed by atoms with van der Waals surface area (Å²) in [5, 5.41) is 3.91. The second-order valence-electron chi connectivity index (χ2n) is 7.23. The van der Waals surface area contributed by atoms with Gasteiger partial charge in [0.15, 0.2) is 0 Å². The molecule has 2 rings (SSSR count). The highest BCUT2D eigenvalue weighted by atomic mass is 16.5. The topological polar surface area (TPSA) is 66.7 Å². The fourth-order valence-electron chi connectivity index (χ4n) is 2.88. The molecular weight excluding hydrogens is 294 g/mol. The maximum atomic E-state index is 12.4. The van der Waals surface area contributed by atoms with Gasteiger partial charge in [0.25, 0.3) is 0 Å². The highest BCUT2D eigenvalue weighted by Gasteiger charge is 2.30. The van der Waals surface area contributed by atoms with E-state index in [1.165, 1.54) is 0 Å². The zero-order valence-electron chi connectivity index (χ0n) is 14.8. The van der Waals surface area contributed by atoms with E-state index in [9.17, 15) is 9.59 Å². The lowest BCUT2D eigenvalue weighted by atomic mass is 9.94. The maximum Gasteiger partial charge on any atom is 0.228 e. The summed E-state index contributed by atoms with van der Waals surface area (Å²) in [7, 11) is 0. The number of carbonyl (C=O) groups excluding carboxylic acids is 2. The van der Waals surface area contributed by atoms with Gasteiger partial charge in [0, 0.05) is 43.6 Å². The summed E-state index contributed by atoms with van der Waals surface area (Å²) < 4.78 is 5.13. The van der Waals surface area contributed by atoms with E-state index in [1.807, 2.05) is 44.4 Å². The normalized spacial score (nSPS) is 15.9. The number of piperazine rings is 1. The molecule has 0 atom stereocenters. The van der Waals surface area contributed by atoms with Crippen LogP contribution in [0.1, 0.15) is 44.2 Å². The molecule has 0 saturated carbocycles. The molecule has 1 aromatic heterocycles. The van der Waals surface area contributed by atoms with Crippen LogP contribution in [0.25, 0.3) is 0 Å². The lowest BCUT2D eigenvalue weighted by molar-refractivity contribution is -0.144. The Balaban J connectivity index is 1.83. The Kier molecular flexibility index (Phi) is 5.12. The molecule has 0 bridgehead atoms. The Morgan fingerprint density at radius 3 is 2.13 bits per heavy atom. The molecule has 1 saturated heterocycles. The maximum absolute atomic E-state index is 12.4. The van der Waals surface area contributed by atoms with Gasteiger partial charge in [-0.1, -0.05) is 25.9 Å². The van der Waals surface area contributed by atoms with Gasteiger partial charge < -0.3 is 14.3 Å². The van der Waals surface area contributed by atoms with Crippen molar-refractivity contribution in [3.05, 3.63) is 17.0 Å².